The summed E-state index contributed by atoms with van der Waals surface area (Å²) in [5.41, 5.74) is 20.9. The Hall–Kier alpha value is -9.50. The first-order chi connectivity index (χ1) is 36.7. The molecule has 74 heavy (non-hydrogen) atoms. The van der Waals surface area contributed by atoms with Gasteiger partial charge in [-0.05, 0) is 132 Å². The molecule has 0 fully saturated rings. The predicted octanol–water partition coefficient (Wildman–Crippen LogP) is 18.1. The van der Waals surface area contributed by atoms with E-state index in [1.165, 1.54) is 93.8 Å². The van der Waals surface area contributed by atoms with Crippen LogP contribution in [0.25, 0.3) is 60.5 Å². The molecule has 2 aliphatic carbocycles. The third kappa shape index (κ3) is 6.00. The Kier molecular flexibility index (Phi) is 9.43. The van der Waals surface area contributed by atoms with Crippen LogP contribution in [0.2, 0.25) is 0 Å². The second-order valence-corrected chi connectivity index (χ2v) is 19.9. The Morgan fingerprint density at radius 2 is 0.797 bits per heavy atom. The molecule has 2 atom stereocenters. The van der Waals surface area contributed by atoms with Crippen molar-refractivity contribution in [1.29, 1.82) is 0 Å². The highest BCUT2D eigenvalue weighted by atomic mass is 15.1. The van der Waals surface area contributed by atoms with Crippen LogP contribution in [-0.4, -0.2) is 4.57 Å². The predicted molar refractivity (Wildman–Crippen MR) is 308 cm³/mol. The van der Waals surface area contributed by atoms with Crippen molar-refractivity contribution in [2.45, 2.75) is 10.8 Å². The summed E-state index contributed by atoms with van der Waals surface area (Å²) < 4.78 is 2.44. The summed E-state index contributed by atoms with van der Waals surface area (Å²) in [5.74, 6) is 0. The van der Waals surface area contributed by atoms with Crippen LogP contribution in [-0.2, 0) is 10.8 Å². The first-order valence-corrected chi connectivity index (χ1v) is 25.7. The molecule has 0 saturated heterocycles. The summed E-state index contributed by atoms with van der Waals surface area (Å²) in [6.45, 7) is 0. The van der Waals surface area contributed by atoms with Gasteiger partial charge in [0.2, 0.25) is 0 Å². The van der Waals surface area contributed by atoms with Crippen LogP contribution in [0.15, 0.2) is 291 Å². The van der Waals surface area contributed by atoms with Crippen molar-refractivity contribution in [3.05, 3.63) is 336 Å². The first-order valence-electron chi connectivity index (χ1n) is 25.7. The molecule has 12 aromatic carbocycles. The van der Waals surface area contributed by atoms with Crippen LogP contribution in [0.3, 0.4) is 0 Å². The van der Waals surface area contributed by atoms with E-state index in [1.54, 1.807) is 0 Å². The summed E-state index contributed by atoms with van der Waals surface area (Å²) in [6, 6.07) is 108. The number of rotatable bonds is 8. The number of hydrogen-bond donors (Lipinski definition) is 0. The van der Waals surface area contributed by atoms with Crippen molar-refractivity contribution >= 4 is 49.6 Å². The molecule has 1 aromatic heterocycles. The zero-order chi connectivity index (χ0) is 48.8. The normalized spacial score (nSPS) is 16.2. The van der Waals surface area contributed by atoms with Gasteiger partial charge in [-0.2, -0.15) is 0 Å². The topological polar surface area (TPSA) is 8.17 Å². The molecule has 2 heteroatoms. The number of nitrogens with zero attached hydrogens (tertiary/aromatic N) is 2. The minimum atomic E-state index is -0.649. The van der Waals surface area contributed by atoms with E-state index in [9.17, 15) is 0 Å². The van der Waals surface area contributed by atoms with Gasteiger partial charge >= 0.3 is 0 Å². The van der Waals surface area contributed by atoms with Gasteiger partial charge in [-0.15, -0.1) is 0 Å². The van der Waals surface area contributed by atoms with Crippen molar-refractivity contribution in [2.75, 3.05) is 4.90 Å². The second kappa shape index (κ2) is 16.5. The Bertz CT molecular complexity index is 4290. The molecular weight excluding hydrogens is 893 g/mol. The van der Waals surface area contributed by atoms with E-state index in [0.717, 1.165) is 28.3 Å². The number of para-hydroxylation sites is 1. The molecule has 2 unspecified atom stereocenters. The first kappa shape index (κ1) is 42.2. The van der Waals surface area contributed by atoms with E-state index in [2.05, 4.69) is 301 Å². The zero-order valence-electron chi connectivity index (χ0n) is 40.6. The fraction of sp³-hybridized carbons (Fsp3) is 0.0278. The SMILES string of the molecule is c1ccc(-c2ccc(N(c3ccc(C4(c5ccccc5)c5ccccc5C5(c6ccccc6)c6ccccc6-c6cccc4c65)cc3)c3ccc4c5ccccc5n(-c5ccc6ccccc6c5)c4c3)cc2)cc1. The molecule has 13 aromatic rings. The Morgan fingerprint density at radius 3 is 1.54 bits per heavy atom. The maximum Gasteiger partial charge on any atom is 0.0720 e. The maximum atomic E-state index is 2.44. The third-order valence-corrected chi connectivity index (χ3v) is 16.3. The number of hydrogen-bond acceptors (Lipinski definition) is 1. The van der Waals surface area contributed by atoms with E-state index >= 15 is 0 Å². The van der Waals surface area contributed by atoms with Gasteiger partial charge in [0, 0.05) is 33.5 Å². The van der Waals surface area contributed by atoms with Crippen LogP contribution < -0.4 is 4.90 Å². The van der Waals surface area contributed by atoms with Crippen LogP contribution in [0.5, 0.6) is 0 Å². The van der Waals surface area contributed by atoms with E-state index in [4.69, 9.17) is 0 Å². The van der Waals surface area contributed by atoms with Crippen LogP contribution >= 0.6 is 0 Å². The molecule has 0 bridgehead atoms. The number of fused-ring (bicyclic) bond motifs is 9. The molecule has 0 N–H and O–H groups in total. The molecule has 0 aliphatic heterocycles. The van der Waals surface area contributed by atoms with Crippen molar-refractivity contribution < 1.29 is 0 Å². The molecule has 2 nitrogen and oxygen atoms in total. The molecule has 0 amide bonds. The summed E-state index contributed by atoms with van der Waals surface area (Å²) in [5, 5.41) is 4.90. The number of aromatic nitrogens is 1. The second-order valence-electron chi connectivity index (χ2n) is 19.9. The summed E-state index contributed by atoms with van der Waals surface area (Å²) >= 11 is 0. The average Bonchev–Trinajstić information content (AvgIpc) is 3.98. The molecular formula is C72H48N2. The minimum absolute atomic E-state index is 0.505. The number of anilines is 3. The van der Waals surface area contributed by atoms with Crippen molar-refractivity contribution in [2.24, 2.45) is 0 Å². The van der Waals surface area contributed by atoms with Gasteiger partial charge in [-0.25, -0.2) is 0 Å². The van der Waals surface area contributed by atoms with Gasteiger partial charge in [-0.1, -0.05) is 237 Å². The van der Waals surface area contributed by atoms with E-state index in [0.29, 0.717) is 0 Å². The fourth-order valence-corrected chi connectivity index (χ4v) is 13.3. The monoisotopic (exact) mass is 940 g/mol. The standard InChI is InChI=1S/C72H48N2/c1-4-19-49(20-5-1)51-35-40-56(41-36-51)73(59-45-46-62-61-28-13-17-34-68(61)74(69(62)48-59)58-42-37-50-21-10-11-22-52(50)47-58)57-43-38-55(39-44-57)71(53-23-6-2-7-24-53)65-31-15-16-32-66(65)72(54-25-8-3-9-26-54)64-30-14-12-27-60(64)63-29-18-33-67(71)70(63)72/h1-48H. The van der Waals surface area contributed by atoms with Gasteiger partial charge in [0.15, 0.2) is 0 Å². The molecule has 2 aliphatic rings. The smallest absolute Gasteiger partial charge is 0.0720 e. The largest absolute Gasteiger partial charge is 0.310 e. The summed E-state index contributed by atoms with van der Waals surface area (Å²) in [7, 11) is 0. The van der Waals surface area contributed by atoms with Crippen molar-refractivity contribution in [3.8, 4) is 27.9 Å². The Labute approximate surface area is 431 Å². The highest BCUT2D eigenvalue weighted by molar-refractivity contribution is 6.10. The average molecular weight is 941 g/mol. The van der Waals surface area contributed by atoms with Gasteiger partial charge in [-0.3, -0.25) is 0 Å². The molecule has 15 rings (SSSR count). The third-order valence-electron chi connectivity index (χ3n) is 16.3. The van der Waals surface area contributed by atoms with Gasteiger partial charge in [0.25, 0.3) is 0 Å². The van der Waals surface area contributed by atoms with Crippen LogP contribution in [0.4, 0.5) is 17.1 Å². The fourth-order valence-electron chi connectivity index (χ4n) is 13.3. The Balaban J connectivity index is 0.959. The number of benzene rings is 12. The van der Waals surface area contributed by atoms with Crippen molar-refractivity contribution in [1.82, 2.24) is 4.57 Å². The lowest BCUT2D eigenvalue weighted by Gasteiger charge is -2.49. The maximum absolute atomic E-state index is 2.44. The molecule has 0 radical (unpaired) electrons. The highest BCUT2D eigenvalue weighted by Crippen LogP contribution is 2.65. The van der Waals surface area contributed by atoms with E-state index in [-0.39, 0.29) is 0 Å². The quantitative estimate of drug-likeness (QED) is 0.147. The van der Waals surface area contributed by atoms with Gasteiger partial charge < -0.3 is 9.47 Å². The molecule has 346 valence electrons. The molecule has 0 spiro atoms. The lowest BCUT2D eigenvalue weighted by Crippen LogP contribution is -2.44. The van der Waals surface area contributed by atoms with Crippen molar-refractivity contribution in [3.63, 3.8) is 0 Å². The molecule has 0 saturated carbocycles. The van der Waals surface area contributed by atoms with Gasteiger partial charge in [0.05, 0.1) is 21.9 Å². The van der Waals surface area contributed by atoms with Crippen LogP contribution in [0.1, 0.15) is 44.5 Å². The van der Waals surface area contributed by atoms with E-state index < -0.39 is 10.8 Å². The molecule has 1 heterocycles. The van der Waals surface area contributed by atoms with Crippen LogP contribution in [0, 0.1) is 0 Å². The summed E-state index contributed by atoms with van der Waals surface area (Å²) in [4.78, 5) is 2.43. The zero-order valence-corrected chi connectivity index (χ0v) is 40.6. The lowest BCUT2D eigenvalue weighted by atomic mass is 9.52. The minimum Gasteiger partial charge on any atom is -0.310 e. The van der Waals surface area contributed by atoms with Gasteiger partial charge in [0.1, 0.15) is 0 Å². The highest BCUT2D eigenvalue weighted by Gasteiger charge is 2.57. The lowest BCUT2D eigenvalue weighted by molar-refractivity contribution is 0.626. The summed E-state index contributed by atoms with van der Waals surface area (Å²) in [6.07, 6.45) is 0. The Morgan fingerprint density at radius 1 is 0.284 bits per heavy atom. The van der Waals surface area contributed by atoms with E-state index in [1.807, 2.05) is 0 Å².